The molecule has 0 spiro atoms. The van der Waals surface area contributed by atoms with Crippen molar-refractivity contribution in [1.29, 1.82) is 0 Å². The highest BCUT2D eigenvalue weighted by molar-refractivity contribution is 5.32. The molecule has 0 amide bonds. The second-order valence-electron chi connectivity index (χ2n) is 4.54. The summed E-state index contributed by atoms with van der Waals surface area (Å²) in [5, 5.41) is 3.39. The molecule has 0 fully saturated rings. The Morgan fingerprint density at radius 1 is 1.22 bits per heavy atom. The lowest BCUT2D eigenvalue weighted by atomic mass is 10.2. The monoisotopic (exact) mass is 250 g/mol. The zero-order valence-corrected chi connectivity index (χ0v) is 12.2. The molecule has 4 nitrogen and oxygen atoms in total. The fourth-order valence-corrected chi connectivity index (χ4v) is 1.87. The molecule has 0 saturated carbocycles. The Morgan fingerprint density at radius 3 is 2.56 bits per heavy atom. The highest BCUT2D eigenvalue weighted by atomic mass is 15.2. The number of nitrogens with zero attached hydrogens (tertiary/aromatic N) is 3. The normalized spacial score (nSPS) is 10.7. The van der Waals surface area contributed by atoms with Gasteiger partial charge in [-0.25, -0.2) is 9.97 Å². The van der Waals surface area contributed by atoms with Crippen LogP contribution in [0.1, 0.15) is 44.9 Å². The SMILES string of the molecule is CCCNCc1cnc(N(CC)CCC)nc1C. The van der Waals surface area contributed by atoms with E-state index in [1.165, 1.54) is 5.56 Å². The maximum Gasteiger partial charge on any atom is 0.225 e. The molecular formula is C14H26N4. The first-order valence-electron chi connectivity index (χ1n) is 7.01. The van der Waals surface area contributed by atoms with Crippen LogP contribution in [0.2, 0.25) is 0 Å². The van der Waals surface area contributed by atoms with Gasteiger partial charge < -0.3 is 10.2 Å². The first-order valence-corrected chi connectivity index (χ1v) is 7.01. The van der Waals surface area contributed by atoms with Gasteiger partial charge in [0.1, 0.15) is 0 Å². The summed E-state index contributed by atoms with van der Waals surface area (Å²) >= 11 is 0. The van der Waals surface area contributed by atoms with E-state index in [-0.39, 0.29) is 0 Å². The van der Waals surface area contributed by atoms with Crippen LogP contribution >= 0.6 is 0 Å². The molecule has 4 heteroatoms. The highest BCUT2D eigenvalue weighted by Gasteiger charge is 2.08. The largest absolute Gasteiger partial charge is 0.341 e. The zero-order chi connectivity index (χ0) is 13.4. The van der Waals surface area contributed by atoms with Gasteiger partial charge in [0.25, 0.3) is 0 Å². The standard InChI is InChI=1S/C14H26N4/c1-5-8-15-10-13-11-16-14(17-12(13)4)18(7-3)9-6-2/h11,15H,5-10H2,1-4H3. The molecular weight excluding hydrogens is 224 g/mol. The van der Waals surface area contributed by atoms with Gasteiger partial charge in [0, 0.05) is 37.1 Å². The van der Waals surface area contributed by atoms with E-state index in [1.54, 1.807) is 0 Å². The first-order chi connectivity index (χ1) is 8.72. The molecule has 0 bridgehead atoms. The minimum atomic E-state index is 0.857. The van der Waals surface area contributed by atoms with Crippen LogP contribution in [0.3, 0.4) is 0 Å². The van der Waals surface area contributed by atoms with Gasteiger partial charge in [0.2, 0.25) is 5.95 Å². The molecule has 0 aliphatic rings. The van der Waals surface area contributed by atoms with Crippen molar-refractivity contribution in [2.24, 2.45) is 0 Å². The van der Waals surface area contributed by atoms with Crippen molar-refractivity contribution in [3.05, 3.63) is 17.5 Å². The quantitative estimate of drug-likeness (QED) is 0.720. The van der Waals surface area contributed by atoms with Crippen LogP contribution in [0.5, 0.6) is 0 Å². The summed E-state index contributed by atoms with van der Waals surface area (Å²) in [6.07, 6.45) is 4.23. The summed E-state index contributed by atoms with van der Waals surface area (Å²) < 4.78 is 0. The number of hydrogen-bond donors (Lipinski definition) is 1. The molecule has 18 heavy (non-hydrogen) atoms. The van der Waals surface area contributed by atoms with Crippen molar-refractivity contribution >= 4 is 5.95 Å². The topological polar surface area (TPSA) is 41.1 Å². The van der Waals surface area contributed by atoms with Crippen molar-refractivity contribution in [3.8, 4) is 0 Å². The molecule has 0 aromatic carbocycles. The van der Waals surface area contributed by atoms with Gasteiger partial charge in [0.05, 0.1) is 0 Å². The Morgan fingerprint density at radius 2 is 2.00 bits per heavy atom. The molecule has 1 N–H and O–H groups in total. The summed E-state index contributed by atoms with van der Waals surface area (Å²) in [6.45, 7) is 12.4. The first kappa shape index (κ1) is 14.9. The van der Waals surface area contributed by atoms with Crippen molar-refractivity contribution in [2.45, 2.75) is 47.1 Å². The molecule has 0 radical (unpaired) electrons. The predicted octanol–water partition coefficient (Wildman–Crippen LogP) is 2.52. The Bertz CT molecular complexity index is 352. The van der Waals surface area contributed by atoms with Gasteiger partial charge in [-0.05, 0) is 33.2 Å². The average molecular weight is 250 g/mol. The molecule has 1 aromatic rings. The van der Waals surface area contributed by atoms with Gasteiger partial charge in [-0.2, -0.15) is 0 Å². The summed E-state index contributed by atoms with van der Waals surface area (Å²) in [4.78, 5) is 11.3. The van der Waals surface area contributed by atoms with Crippen molar-refractivity contribution in [1.82, 2.24) is 15.3 Å². The lowest BCUT2D eigenvalue weighted by Gasteiger charge is -2.20. The number of anilines is 1. The summed E-state index contributed by atoms with van der Waals surface area (Å²) in [5.74, 6) is 0.857. The Labute approximate surface area is 111 Å². The zero-order valence-electron chi connectivity index (χ0n) is 12.2. The second-order valence-corrected chi connectivity index (χ2v) is 4.54. The van der Waals surface area contributed by atoms with Gasteiger partial charge in [-0.1, -0.05) is 13.8 Å². The third-order valence-corrected chi connectivity index (χ3v) is 2.97. The van der Waals surface area contributed by atoms with Crippen molar-refractivity contribution in [3.63, 3.8) is 0 Å². The maximum atomic E-state index is 4.62. The summed E-state index contributed by atoms with van der Waals surface area (Å²) in [7, 11) is 0. The maximum absolute atomic E-state index is 4.62. The number of rotatable bonds is 8. The third kappa shape index (κ3) is 4.26. The summed E-state index contributed by atoms with van der Waals surface area (Å²) in [6, 6.07) is 0. The van der Waals surface area contributed by atoms with Crippen LogP contribution in [0.15, 0.2) is 6.20 Å². The van der Waals surface area contributed by atoms with Gasteiger partial charge in [0.15, 0.2) is 0 Å². The predicted molar refractivity (Wildman–Crippen MR) is 76.9 cm³/mol. The van der Waals surface area contributed by atoms with Crippen molar-refractivity contribution in [2.75, 3.05) is 24.5 Å². The van der Waals surface area contributed by atoms with E-state index in [0.717, 1.165) is 50.7 Å². The molecule has 0 unspecified atom stereocenters. The lowest BCUT2D eigenvalue weighted by Crippen LogP contribution is -2.26. The van der Waals surface area contributed by atoms with Crippen LogP contribution < -0.4 is 10.2 Å². The lowest BCUT2D eigenvalue weighted by molar-refractivity contribution is 0.666. The van der Waals surface area contributed by atoms with E-state index in [1.807, 2.05) is 6.20 Å². The van der Waals surface area contributed by atoms with Crippen LogP contribution in [-0.4, -0.2) is 29.6 Å². The van der Waals surface area contributed by atoms with E-state index in [9.17, 15) is 0 Å². The smallest absolute Gasteiger partial charge is 0.225 e. The Balaban J connectivity index is 2.71. The van der Waals surface area contributed by atoms with E-state index < -0.39 is 0 Å². The number of aryl methyl sites for hydroxylation is 1. The van der Waals surface area contributed by atoms with E-state index in [4.69, 9.17) is 0 Å². The number of aromatic nitrogens is 2. The molecule has 1 aromatic heterocycles. The molecule has 0 aliphatic carbocycles. The summed E-state index contributed by atoms with van der Waals surface area (Å²) in [5.41, 5.74) is 2.28. The molecule has 0 atom stereocenters. The van der Waals surface area contributed by atoms with Crippen LogP contribution in [-0.2, 0) is 6.54 Å². The minimum absolute atomic E-state index is 0.857. The van der Waals surface area contributed by atoms with Crippen LogP contribution in [0.4, 0.5) is 5.95 Å². The van der Waals surface area contributed by atoms with E-state index in [0.29, 0.717) is 0 Å². The van der Waals surface area contributed by atoms with Gasteiger partial charge in [-0.3, -0.25) is 0 Å². The number of hydrogen-bond acceptors (Lipinski definition) is 4. The Hall–Kier alpha value is -1.16. The van der Waals surface area contributed by atoms with Gasteiger partial charge >= 0.3 is 0 Å². The molecule has 1 rings (SSSR count). The Kier molecular flexibility index (Phi) is 6.65. The van der Waals surface area contributed by atoms with Crippen molar-refractivity contribution < 1.29 is 0 Å². The minimum Gasteiger partial charge on any atom is -0.341 e. The third-order valence-electron chi connectivity index (χ3n) is 2.97. The molecule has 0 aliphatic heterocycles. The average Bonchev–Trinajstić information content (AvgIpc) is 2.38. The molecule has 102 valence electrons. The fourth-order valence-electron chi connectivity index (χ4n) is 1.87. The molecule has 0 saturated heterocycles. The van der Waals surface area contributed by atoms with E-state index >= 15 is 0 Å². The highest BCUT2D eigenvalue weighted by Crippen LogP contribution is 2.11. The fraction of sp³-hybridized carbons (Fsp3) is 0.714. The number of nitrogens with one attached hydrogen (secondary N) is 1. The van der Waals surface area contributed by atoms with E-state index in [2.05, 4.69) is 47.9 Å². The second kappa shape index (κ2) is 8.03. The van der Waals surface area contributed by atoms with Crippen LogP contribution in [0.25, 0.3) is 0 Å². The van der Waals surface area contributed by atoms with Gasteiger partial charge in [-0.15, -0.1) is 0 Å². The van der Waals surface area contributed by atoms with Crippen LogP contribution in [0, 0.1) is 6.92 Å². The molecule has 1 heterocycles.